The molecule has 0 aliphatic carbocycles. The molecule has 16 heavy (non-hydrogen) atoms. The molecule has 1 atom stereocenters. The summed E-state index contributed by atoms with van der Waals surface area (Å²) in [6.07, 6.45) is 2.00. The fraction of sp³-hybridized carbons (Fsp3) is 0.462. The van der Waals surface area contributed by atoms with E-state index in [1.807, 2.05) is 25.1 Å². The molecule has 1 aromatic rings. The fourth-order valence-corrected chi connectivity index (χ4v) is 2.11. The number of methoxy groups -OCH3 is 1. The molecule has 86 valence electrons. The maximum atomic E-state index is 12.2. The summed E-state index contributed by atoms with van der Waals surface area (Å²) >= 11 is 0. The van der Waals surface area contributed by atoms with Crippen molar-refractivity contribution in [3.05, 3.63) is 29.3 Å². The second-order valence-electron chi connectivity index (χ2n) is 4.22. The normalized spacial score (nSPS) is 19.8. The van der Waals surface area contributed by atoms with E-state index >= 15 is 0 Å². The molecule has 0 spiro atoms. The van der Waals surface area contributed by atoms with Gasteiger partial charge in [-0.15, -0.1) is 0 Å². The van der Waals surface area contributed by atoms with Crippen LogP contribution in [0.3, 0.4) is 0 Å². The molecule has 0 bridgehead atoms. The lowest BCUT2D eigenvalue weighted by molar-refractivity contribution is 0.0949. The topological polar surface area (TPSA) is 38.3 Å². The molecule has 1 unspecified atom stereocenters. The van der Waals surface area contributed by atoms with E-state index in [-0.39, 0.29) is 11.8 Å². The molecular formula is C13H17NO2. The fourth-order valence-electron chi connectivity index (χ4n) is 2.11. The number of carbonyl (C=O) groups is 1. The van der Waals surface area contributed by atoms with Gasteiger partial charge >= 0.3 is 0 Å². The SMILES string of the molecule is COc1ccc(C)cc1C(=O)C1CCCN1. The lowest BCUT2D eigenvalue weighted by Gasteiger charge is -2.12. The van der Waals surface area contributed by atoms with Crippen molar-refractivity contribution in [2.75, 3.05) is 13.7 Å². The first-order valence-electron chi connectivity index (χ1n) is 5.64. The number of hydrogen-bond acceptors (Lipinski definition) is 3. The molecular weight excluding hydrogens is 202 g/mol. The van der Waals surface area contributed by atoms with Crippen LogP contribution in [-0.2, 0) is 0 Å². The first kappa shape index (κ1) is 11.1. The van der Waals surface area contributed by atoms with E-state index in [0.29, 0.717) is 11.3 Å². The highest BCUT2D eigenvalue weighted by atomic mass is 16.5. The Kier molecular flexibility index (Phi) is 3.25. The zero-order chi connectivity index (χ0) is 11.5. The Morgan fingerprint density at radius 2 is 2.31 bits per heavy atom. The second-order valence-corrected chi connectivity index (χ2v) is 4.22. The van der Waals surface area contributed by atoms with Crippen molar-refractivity contribution in [1.29, 1.82) is 0 Å². The average molecular weight is 219 g/mol. The molecule has 1 heterocycles. The maximum Gasteiger partial charge on any atom is 0.183 e. The van der Waals surface area contributed by atoms with Gasteiger partial charge in [0.2, 0.25) is 0 Å². The molecule has 1 aliphatic heterocycles. The van der Waals surface area contributed by atoms with E-state index in [9.17, 15) is 4.79 Å². The van der Waals surface area contributed by atoms with Crippen molar-refractivity contribution in [2.24, 2.45) is 0 Å². The Hall–Kier alpha value is -1.35. The van der Waals surface area contributed by atoms with Gasteiger partial charge in [0.1, 0.15) is 5.75 Å². The number of Topliss-reactive ketones (excluding diaryl/α,β-unsaturated/α-hetero) is 1. The van der Waals surface area contributed by atoms with E-state index in [2.05, 4.69) is 5.32 Å². The smallest absolute Gasteiger partial charge is 0.183 e. The van der Waals surface area contributed by atoms with Crippen molar-refractivity contribution in [2.45, 2.75) is 25.8 Å². The highest BCUT2D eigenvalue weighted by Gasteiger charge is 2.25. The Morgan fingerprint density at radius 3 is 2.94 bits per heavy atom. The van der Waals surface area contributed by atoms with Gasteiger partial charge in [-0.05, 0) is 38.4 Å². The van der Waals surface area contributed by atoms with Crippen molar-refractivity contribution in [3.63, 3.8) is 0 Å². The molecule has 0 aromatic heterocycles. The van der Waals surface area contributed by atoms with E-state index in [1.165, 1.54) is 0 Å². The molecule has 0 saturated carbocycles. The Balaban J connectivity index is 2.30. The number of rotatable bonds is 3. The van der Waals surface area contributed by atoms with Crippen molar-refractivity contribution < 1.29 is 9.53 Å². The zero-order valence-electron chi connectivity index (χ0n) is 9.75. The highest BCUT2D eigenvalue weighted by Crippen LogP contribution is 2.23. The van der Waals surface area contributed by atoms with E-state index in [4.69, 9.17) is 4.74 Å². The van der Waals surface area contributed by atoms with Gasteiger partial charge in [-0.25, -0.2) is 0 Å². The number of ketones is 1. The maximum absolute atomic E-state index is 12.2. The Labute approximate surface area is 95.8 Å². The van der Waals surface area contributed by atoms with Gasteiger partial charge in [0.05, 0.1) is 18.7 Å². The first-order chi connectivity index (χ1) is 7.72. The van der Waals surface area contributed by atoms with E-state index in [1.54, 1.807) is 7.11 Å². The molecule has 0 amide bonds. The summed E-state index contributed by atoms with van der Waals surface area (Å²) in [7, 11) is 1.60. The Bertz CT molecular complexity index is 395. The summed E-state index contributed by atoms with van der Waals surface area (Å²) in [6.45, 7) is 2.92. The number of benzene rings is 1. The van der Waals surface area contributed by atoms with Crippen molar-refractivity contribution in [3.8, 4) is 5.75 Å². The van der Waals surface area contributed by atoms with Crippen molar-refractivity contribution >= 4 is 5.78 Å². The molecule has 1 aromatic carbocycles. The summed E-state index contributed by atoms with van der Waals surface area (Å²) in [4.78, 5) is 12.2. The van der Waals surface area contributed by atoms with Crippen LogP contribution in [0.4, 0.5) is 0 Å². The predicted octanol–water partition coefficient (Wildman–Crippen LogP) is 1.94. The predicted molar refractivity (Wildman–Crippen MR) is 63.1 cm³/mol. The summed E-state index contributed by atoms with van der Waals surface area (Å²) in [6, 6.07) is 5.69. The molecule has 1 N–H and O–H groups in total. The lowest BCUT2D eigenvalue weighted by atomic mass is 10.0. The molecule has 0 radical (unpaired) electrons. The number of nitrogens with one attached hydrogen (secondary N) is 1. The zero-order valence-corrected chi connectivity index (χ0v) is 9.75. The molecule has 1 saturated heterocycles. The third kappa shape index (κ3) is 2.09. The molecule has 3 nitrogen and oxygen atoms in total. The number of ether oxygens (including phenoxy) is 1. The standard InChI is InChI=1S/C13H17NO2/c1-9-5-6-12(16-2)10(8-9)13(15)11-4-3-7-14-11/h5-6,8,11,14H,3-4,7H2,1-2H3. The summed E-state index contributed by atoms with van der Waals surface area (Å²) in [5.74, 6) is 0.822. The van der Waals surface area contributed by atoms with Crippen molar-refractivity contribution in [1.82, 2.24) is 5.32 Å². The highest BCUT2D eigenvalue weighted by molar-refractivity contribution is 6.02. The number of aryl methyl sites for hydroxylation is 1. The van der Waals surface area contributed by atoms with Crippen LogP contribution < -0.4 is 10.1 Å². The minimum Gasteiger partial charge on any atom is -0.496 e. The van der Waals surface area contributed by atoms with Crippen LogP contribution in [0.2, 0.25) is 0 Å². The molecule has 1 fully saturated rings. The average Bonchev–Trinajstić information content (AvgIpc) is 2.81. The minimum atomic E-state index is -0.0318. The van der Waals surface area contributed by atoms with Gasteiger partial charge in [0.15, 0.2) is 5.78 Å². The van der Waals surface area contributed by atoms with E-state index in [0.717, 1.165) is 24.9 Å². The number of carbonyl (C=O) groups excluding carboxylic acids is 1. The molecule has 1 aliphatic rings. The monoisotopic (exact) mass is 219 g/mol. The van der Waals surface area contributed by atoms with Crippen LogP contribution in [0.15, 0.2) is 18.2 Å². The van der Waals surface area contributed by atoms with Gasteiger partial charge in [-0.2, -0.15) is 0 Å². The van der Waals surface area contributed by atoms with Crippen LogP contribution in [0, 0.1) is 6.92 Å². The van der Waals surface area contributed by atoms with Gasteiger partial charge in [-0.1, -0.05) is 11.6 Å². The van der Waals surface area contributed by atoms with E-state index < -0.39 is 0 Å². The van der Waals surface area contributed by atoms with Crippen LogP contribution in [-0.4, -0.2) is 25.5 Å². The largest absolute Gasteiger partial charge is 0.496 e. The quantitative estimate of drug-likeness (QED) is 0.789. The minimum absolute atomic E-state index is 0.0318. The van der Waals surface area contributed by atoms with Gasteiger partial charge in [0, 0.05) is 0 Å². The van der Waals surface area contributed by atoms with Crippen LogP contribution in [0.5, 0.6) is 5.75 Å². The lowest BCUT2D eigenvalue weighted by Crippen LogP contribution is -2.31. The van der Waals surface area contributed by atoms with Crippen LogP contribution >= 0.6 is 0 Å². The van der Waals surface area contributed by atoms with Crippen LogP contribution in [0.1, 0.15) is 28.8 Å². The third-order valence-corrected chi connectivity index (χ3v) is 3.00. The number of hydrogen-bond donors (Lipinski definition) is 1. The van der Waals surface area contributed by atoms with Crippen LogP contribution in [0.25, 0.3) is 0 Å². The van der Waals surface area contributed by atoms with Gasteiger partial charge in [0.25, 0.3) is 0 Å². The third-order valence-electron chi connectivity index (χ3n) is 3.00. The summed E-state index contributed by atoms with van der Waals surface area (Å²) in [5.41, 5.74) is 1.78. The summed E-state index contributed by atoms with van der Waals surface area (Å²) < 4.78 is 5.23. The van der Waals surface area contributed by atoms with Gasteiger partial charge in [-0.3, -0.25) is 4.79 Å². The van der Waals surface area contributed by atoms with Gasteiger partial charge < -0.3 is 10.1 Å². The second kappa shape index (κ2) is 4.66. The molecule has 2 rings (SSSR count). The first-order valence-corrected chi connectivity index (χ1v) is 5.64. The Morgan fingerprint density at radius 1 is 1.50 bits per heavy atom. The summed E-state index contributed by atoms with van der Waals surface area (Å²) in [5, 5.41) is 3.22. The molecule has 3 heteroatoms.